The molecular weight excluding hydrogens is 332 g/mol. The molecule has 1 aromatic carbocycles. The van der Waals surface area contributed by atoms with E-state index in [1.54, 1.807) is 0 Å². The number of thioether (sulfide) groups is 1. The SMILES string of the molecule is Cc1nc2ccccc2nc1N1CCC(C(=O)N2CCSCC2)CC1. The molecule has 5 nitrogen and oxygen atoms in total. The van der Waals surface area contributed by atoms with Gasteiger partial charge in [-0.1, -0.05) is 12.1 Å². The summed E-state index contributed by atoms with van der Waals surface area (Å²) in [6, 6.07) is 8.00. The van der Waals surface area contributed by atoms with E-state index < -0.39 is 0 Å². The summed E-state index contributed by atoms with van der Waals surface area (Å²) < 4.78 is 0. The molecule has 132 valence electrons. The van der Waals surface area contributed by atoms with Crippen molar-refractivity contribution in [3.8, 4) is 0 Å². The number of amides is 1. The van der Waals surface area contributed by atoms with Crippen LogP contribution in [0.1, 0.15) is 18.5 Å². The number of carbonyl (C=O) groups is 1. The minimum absolute atomic E-state index is 0.174. The number of nitrogens with zero attached hydrogens (tertiary/aromatic N) is 4. The maximum absolute atomic E-state index is 12.7. The number of hydrogen-bond donors (Lipinski definition) is 0. The lowest BCUT2D eigenvalue weighted by atomic mass is 9.95. The first-order chi connectivity index (χ1) is 12.2. The largest absolute Gasteiger partial charge is 0.355 e. The van der Waals surface area contributed by atoms with Crippen LogP contribution in [0.5, 0.6) is 0 Å². The Morgan fingerprint density at radius 1 is 1.04 bits per heavy atom. The average molecular weight is 356 g/mol. The van der Waals surface area contributed by atoms with Gasteiger partial charge in [-0.05, 0) is 31.9 Å². The molecule has 0 unspecified atom stereocenters. The van der Waals surface area contributed by atoms with Crippen molar-refractivity contribution >= 4 is 34.5 Å². The maximum atomic E-state index is 12.7. The second kappa shape index (κ2) is 7.20. The quantitative estimate of drug-likeness (QED) is 0.828. The van der Waals surface area contributed by atoms with Crippen LogP contribution in [-0.2, 0) is 4.79 Å². The Morgan fingerprint density at radius 3 is 2.36 bits per heavy atom. The van der Waals surface area contributed by atoms with Gasteiger partial charge < -0.3 is 9.80 Å². The molecule has 1 aromatic heterocycles. The van der Waals surface area contributed by atoms with E-state index in [4.69, 9.17) is 9.97 Å². The van der Waals surface area contributed by atoms with Crippen molar-refractivity contribution in [3.05, 3.63) is 30.0 Å². The number of benzene rings is 1. The molecule has 0 saturated carbocycles. The van der Waals surface area contributed by atoms with Gasteiger partial charge in [-0.2, -0.15) is 11.8 Å². The van der Waals surface area contributed by atoms with Crippen molar-refractivity contribution in [3.63, 3.8) is 0 Å². The molecule has 2 aromatic rings. The predicted octanol–water partition coefficient (Wildman–Crippen LogP) is 2.73. The molecule has 2 saturated heterocycles. The van der Waals surface area contributed by atoms with Gasteiger partial charge in [-0.15, -0.1) is 0 Å². The van der Waals surface area contributed by atoms with E-state index in [1.165, 1.54) is 0 Å². The van der Waals surface area contributed by atoms with E-state index in [9.17, 15) is 4.79 Å². The lowest BCUT2D eigenvalue weighted by Gasteiger charge is -2.36. The number of piperidine rings is 1. The van der Waals surface area contributed by atoms with Crippen LogP contribution >= 0.6 is 11.8 Å². The highest BCUT2D eigenvalue weighted by Crippen LogP contribution is 2.27. The summed E-state index contributed by atoms with van der Waals surface area (Å²) in [6.45, 7) is 5.62. The molecule has 0 spiro atoms. The van der Waals surface area contributed by atoms with Crippen molar-refractivity contribution in [1.82, 2.24) is 14.9 Å². The Bertz CT molecular complexity index is 767. The number of para-hydroxylation sites is 2. The van der Waals surface area contributed by atoms with Gasteiger partial charge in [0.1, 0.15) is 0 Å². The summed E-state index contributed by atoms with van der Waals surface area (Å²) in [5.41, 5.74) is 2.85. The summed E-state index contributed by atoms with van der Waals surface area (Å²) >= 11 is 1.95. The summed E-state index contributed by atoms with van der Waals surface area (Å²) in [5.74, 6) is 3.67. The third kappa shape index (κ3) is 3.45. The van der Waals surface area contributed by atoms with Gasteiger partial charge in [0, 0.05) is 43.6 Å². The molecule has 2 fully saturated rings. The molecule has 0 bridgehead atoms. The Hall–Kier alpha value is -1.82. The van der Waals surface area contributed by atoms with Crippen molar-refractivity contribution < 1.29 is 4.79 Å². The molecule has 1 amide bonds. The Labute approximate surface area is 152 Å². The van der Waals surface area contributed by atoms with Crippen LogP contribution in [0.15, 0.2) is 24.3 Å². The number of fused-ring (bicyclic) bond motifs is 1. The van der Waals surface area contributed by atoms with Crippen LogP contribution in [0.25, 0.3) is 11.0 Å². The third-order valence-electron chi connectivity index (χ3n) is 5.19. The number of hydrogen-bond acceptors (Lipinski definition) is 5. The maximum Gasteiger partial charge on any atom is 0.225 e. The third-order valence-corrected chi connectivity index (χ3v) is 6.13. The number of carbonyl (C=O) groups excluding carboxylic acids is 1. The van der Waals surface area contributed by atoms with E-state index >= 15 is 0 Å². The number of anilines is 1. The van der Waals surface area contributed by atoms with Gasteiger partial charge in [0.25, 0.3) is 0 Å². The molecular formula is C19H24N4OS. The highest BCUT2D eigenvalue weighted by atomic mass is 32.2. The van der Waals surface area contributed by atoms with E-state index in [1.807, 2.05) is 43.0 Å². The lowest BCUT2D eigenvalue weighted by Crippen LogP contribution is -2.45. The minimum atomic E-state index is 0.174. The van der Waals surface area contributed by atoms with Crippen LogP contribution in [-0.4, -0.2) is 58.5 Å². The number of rotatable bonds is 2. The highest BCUT2D eigenvalue weighted by molar-refractivity contribution is 7.99. The molecule has 0 N–H and O–H groups in total. The standard InChI is InChI=1S/C19H24N4OS/c1-14-18(21-17-5-3-2-4-16(17)20-14)22-8-6-15(7-9-22)19(24)23-10-12-25-13-11-23/h2-5,15H,6-13H2,1H3. The van der Waals surface area contributed by atoms with Crippen LogP contribution in [0.3, 0.4) is 0 Å². The first-order valence-electron chi connectivity index (χ1n) is 9.07. The lowest BCUT2D eigenvalue weighted by molar-refractivity contribution is -0.135. The van der Waals surface area contributed by atoms with E-state index in [-0.39, 0.29) is 5.92 Å². The first kappa shape index (κ1) is 16.6. The molecule has 3 heterocycles. The van der Waals surface area contributed by atoms with Crippen molar-refractivity contribution in [2.75, 3.05) is 42.6 Å². The van der Waals surface area contributed by atoms with Gasteiger partial charge in [-0.25, -0.2) is 9.97 Å². The fraction of sp³-hybridized carbons (Fsp3) is 0.526. The van der Waals surface area contributed by atoms with Crippen molar-refractivity contribution in [2.24, 2.45) is 5.92 Å². The van der Waals surface area contributed by atoms with Crippen LogP contribution < -0.4 is 4.90 Å². The zero-order chi connectivity index (χ0) is 17.2. The fourth-order valence-electron chi connectivity index (χ4n) is 3.76. The smallest absolute Gasteiger partial charge is 0.225 e. The van der Waals surface area contributed by atoms with Gasteiger partial charge in [0.15, 0.2) is 5.82 Å². The summed E-state index contributed by atoms with van der Waals surface area (Å²) in [6.07, 6.45) is 1.83. The van der Waals surface area contributed by atoms with Gasteiger partial charge in [-0.3, -0.25) is 4.79 Å². The van der Waals surface area contributed by atoms with Crippen molar-refractivity contribution in [1.29, 1.82) is 0 Å². The van der Waals surface area contributed by atoms with Crippen molar-refractivity contribution in [2.45, 2.75) is 19.8 Å². The molecule has 0 radical (unpaired) electrons. The van der Waals surface area contributed by atoms with Gasteiger partial charge in [0.2, 0.25) is 5.91 Å². The zero-order valence-electron chi connectivity index (χ0n) is 14.6. The van der Waals surface area contributed by atoms with E-state index in [0.29, 0.717) is 5.91 Å². The average Bonchev–Trinajstić information content (AvgIpc) is 2.68. The highest BCUT2D eigenvalue weighted by Gasteiger charge is 2.30. The second-order valence-corrected chi connectivity index (χ2v) is 8.05. The van der Waals surface area contributed by atoms with Gasteiger partial charge in [0.05, 0.1) is 16.7 Å². The molecule has 0 aliphatic carbocycles. The second-order valence-electron chi connectivity index (χ2n) is 6.82. The fourth-order valence-corrected chi connectivity index (χ4v) is 4.66. The van der Waals surface area contributed by atoms with Crippen LogP contribution in [0.2, 0.25) is 0 Å². The van der Waals surface area contributed by atoms with E-state index in [2.05, 4.69) is 9.80 Å². The Balaban J connectivity index is 1.45. The normalized spacial score (nSPS) is 19.4. The zero-order valence-corrected chi connectivity index (χ0v) is 15.5. The summed E-state index contributed by atoms with van der Waals surface area (Å²) in [7, 11) is 0. The van der Waals surface area contributed by atoms with Crippen LogP contribution in [0, 0.1) is 12.8 Å². The predicted molar refractivity (Wildman–Crippen MR) is 103 cm³/mol. The topological polar surface area (TPSA) is 49.3 Å². The molecule has 0 atom stereocenters. The van der Waals surface area contributed by atoms with E-state index in [0.717, 1.165) is 73.1 Å². The number of aromatic nitrogens is 2. The van der Waals surface area contributed by atoms with Gasteiger partial charge >= 0.3 is 0 Å². The number of aryl methyl sites for hydroxylation is 1. The Kier molecular flexibility index (Phi) is 4.79. The minimum Gasteiger partial charge on any atom is -0.355 e. The molecule has 2 aliphatic rings. The summed E-state index contributed by atoms with van der Waals surface area (Å²) in [4.78, 5) is 26.6. The molecule has 25 heavy (non-hydrogen) atoms. The monoisotopic (exact) mass is 356 g/mol. The summed E-state index contributed by atoms with van der Waals surface area (Å²) in [5, 5.41) is 0. The molecule has 4 rings (SSSR count). The molecule has 2 aliphatic heterocycles. The first-order valence-corrected chi connectivity index (χ1v) is 10.2. The Morgan fingerprint density at radius 2 is 1.68 bits per heavy atom. The molecule has 6 heteroatoms. The van der Waals surface area contributed by atoms with Crippen LogP contribution in [0.4, 0.5) is 5.82 Å².